The molecule has 0 aliphatic carbocycles. The Hall–Kier alpha value is -1.75. The molecule has 2 aliphatic rings. The number of rotatable bonds is 3. The van der Waals surface area contributed by atoms with Gasteiger partial charge in [0.2, 0.25) is 0 Å². The maximum Gasteiger partial charge on any atom is 0.317 e. The van der Waals surface area contributed by atoms with Gasteiger partial charge in [-0.25, -0.2) is 4.79 Å². The summed E-state index contributed by atoms with van der Waals surface area (Å²) in [4.78, 5) is 14.1. The van der Waals surface area contributed by atoms with Crippen molar-refractivity contribution in [3.05, 3.63) is 28.8 Å². The number of ether oxygens (including phenoxy) is 2. The Morgan fingerprint density at radius 1 is 1.36 bits per heavy atom. The van der Waals surface area contributed by atoms with E-state index in [1.807, 2.05) is 7.05 Å². The van der Waals surface area contributed by atoms with Crippen molar-refractivity contribution < 1.29 is 14.3 Å². The third kappa shape index (κ3) is 2.90. The molecule has 1 N–H and O–H groups in total. The number of hydrogen-bond acceptors (Lipinski definition) is 3. The van der Waals surface area contributed by atoms with Crippen LogP contribution in [0.1, 0.15) is 29.2 Å². The number of aryl methyl sites for hydroxylation is 1. The zero-order chi connectivity index (χ0) is 15.7. The van der Waals surface area contributed by atoms with Gasteiger partial charge in [0.25, 0.3) is 0 Å². The number of carbonyl (C=O) groups excluding carboxylic acids is 1. The van der Waals surface area contributed by atoms with Crippen LogP contribution in [-0.4, -0.2) is 44.3 Å². The predicted octanol–water partition coefficient (Wildman–Crippen LogP) is 2.41. The highest BCUT2D eigenvalue weighted by atomic mass is 16.5. The van der Waals surface area contributed by atoms with Crippen molar-refractivity contribution in [1.82, 2.24) is 10.2 Å². The minimum Gasteiger partial charge on any atom is -0.490 e. The van der Waals surface area contributed by atoms with E-state index in [-0.39, 0.29) is 12.1 Å². The van der Waals surface area contributed by atoms with Gasteiger partial charge in [0.1, 0.15) is 12.4 Å². The first-order chi connectivity index (χ1) is 10.6. The predicted molar refractivity (Wildman–Crippen MR) is 84.2 cm³/mol. The van der Waals surface area contributed by atoms with Crippen molar-refractivity contribution in [2.24, 2.45) is 5.92 Å². The molecule has 0 spiro atoms. The summed E-state index contributed by atoms with van der Waals surface area (Å²) in [6.45, 7) is 6.94. The molecule has 2 aliphatic heterocycles. The molecule has 0 bridgehead atoms. The van der Waals surface area contributed by atoms with E-state index < -0.39 is 0 Å². The zero-order valence-electron chi connectivity index (χ0n) is 13.5. The van der Waals surface area contributed by atoms with Crippen LogP contribution in [0.3, 0.4) is 0 Å². The van der Waals surface area contributed by atoms with Gasteiger partial charge in [-0.05, 0) is 31.4 Å². The van der Waals surface area contributed by atoms with Crippen LogP contribution >= 0.6 is 0 Å². The first kappa shape index (κ1) is 15.2. The molecule has 5 nitrogen and oxygen atoms in total. The largest absolute Gasteiger partial charge is 0.490 e. The van der Waals surface area contributed by atoms with E-state index in [0.29, 0.717) is 12.5 Å². The maximum absolute atomic E-state index is 12.4. The fourth-order valence-electron chi connectivity index (χ4n) is 3.11. The third-order valence-electron chi connectivity index (χ3n) is 4.68. The highest BCUT2D eigenvalue weighted by Crippen LogP contribution is 2.36. The number of nitrogens with one attached hydrogen (secondary N) is 1. The lowest BCUT2D eigenvalue weighted by Gasteiger charge is -2.23. The molecule has 1 aromatic rings. The van der Waals surface area contributed by atoms with Crippen LogP contribution in [0.15, 0.2) is 12.1 Å². The molecule has 120 valence electrons. The van der Waals surface area contributed by atoms with Gasteiger partial charge in [-0.1, -0.05) is 12.1 Å². The second-order valence-electron chi connectivity index (χ2n) is 6.35. The van der Waals surface area contributed by atoms with Gasteiger partial charge in [-0.15, -0.1) is 0 Å². The van der Waals surface area contributed by atoms with Gasteiger partial charge in [0, 0.05) is 31.7 Å². The number of benzene rings is 1. The standard InChI is InChI=1S/C17H24N2O3/c1-11-4-5-14-15(10-22-16(14)12(11)2)18-17(20)19(3)8-13-6-7-21-9-13/h4-5,13,15H,6-10H2,1-3H3,(H,18,20)/t13-,15+/m0/s1. The Labute approximate surface area is 131 Å². The van der Waals surface area contributed by atoms with Crippen LogP contribution in [0.4, 0.5) is 4.79 Å². The second kappa shape index (κ2) is 6.16. The molecule has 0 unspecified atom stereocenters. The summed E-state index contributed by atoms with van der Waals surface area (Å²) in [5.41, 5.74) is 3.45. The van der Waals surface area contributed by atoms with E-state index in [0.717, 1.165) is 43.1 Å². The number of nitrogens with zero attached hydrogens (tertiary/aromatic N) is 1. The molecule has 1 aromatic carbocycles. The molecule has 1 saturated heterocycles. The summed E-state index contributed by atoms with van der Waals surface area (Å²) >= 11 is 0. The fourth-order valence-corrected chi connectivity index (χ4v) is 3.11. The molecule has 0 radical (unpaired) electrons. The van der Waals surface area contributed by atoms with Crippen LogP contribution in [0.25, 0.3) is 0 Å². The van der Waals surface area contributed by atoms with E-state index in [1.165, 1.54) is 5.56 Å². The molecular weight excluding hydrogens is 280 g/mol. The molecule has 2 heterocycles. The smallest absolute Gasteiger partial charge is 0.317 e. The summed E-state index contributed by atoms with van der Waals surface area (Å²) < 4.78 is 11.1. The Morgan fingerprint density at radius 2 is 2.18 bits per heavy atom. The molecule has 2 atom stereocenters. The normalized spacial score (nSPS) is 23.0. The summed E-state index contributed by atoms with van der Waals surface area (Å²) in [6, 6.07) is 4.03. The van der Waals surface area contributed by atoms with Crippen LogP contribution in [-0.2, 0) is 4.74 Å². The minimum absolute atomic E-state index is 0.0495. The second-order valence-corrected chi connectivity index (χ2v) is 6.35. The molecule has 22 heavy (non-hydrogen) atoms. The Bertz CT molecular complexity index is 567. The highest BCUT2D eigenvalue weighted by Gasteiger charge is 2.29. The van der Waals surface area contributed by atoms with E-state index in [9.17, 15) is 4.79 Å². The van der Waals surface area contributed by atoms with Crippen molar-refractivity contribution in [2.75, 3.05) is 33.4 Å². The number of hydrogen-bond donors (Lipinski definition) is 1. The maximum atomic E-state index is 12.4. The van der Waals surface area contributed by atoms with Crippen molar-refractivity contribution in [2.45, 2.75) is 26.3 Å². The number of urea groups is 1. The van der Waals surface area contributed by atoms with Crippen molar-refractivity contribution >= 4 is 6.03 Å². The summed E-state index contributed by atoms with van der Waals surface area (Å²) in [5.74, 6) is 1.38. The van der Waals surface area contributed by atoms with E-state index >= 15 is 0 Å². The lowest BCUT2D eigenvalue weighted by Crippen LogP contribution is -2.42. The average Bonchev–Trinajstić information content (AvgIpc) is 3.13. The van der Waals surface area contributed by atoms with Gasteiger partial charge >= 0.3 is 6.03 Å². The lowest BCUT2D eigenvalue weighted by molar-refractivity contribution is 0.169. The summed E-state index contributed by atoms with van der Waals surface area (Å²) in [7, 11) is 1.84. The number of amides is 2. The Morgan fingerprint density at radius 3 is 2.91 bits per heavy atom. The van der Waals surface area contributed by atoms with Crippen LogP contribution in [0.5, 0.6) is 5.75 Å². The Balaban J connectivity index is 1.62. The Kier molecular flexibility index (Phi) is 4.25. The van der Waals surface area contributed by atoms with Crippen molar-refractivity contribution in [3.63, 3.8) is 0 Å². The summed E-state index contributed by atoms with van der Waals surface area (Å²) in [5, 5.41) is 3.08. The molecule has 5 heteroatoms. The van der Waals surface area contributed by atoms with Crippen molar-refractivity contribution in [3.8, 4) is 5.75 Å². The van der Waals surface area contributed by atoms with E-state index in [1.54, 1.807) is 4.90 Å². The van der Waals surface area contributed by atoms with Crippen molar-refractivity contribution in [1.29, 1.82) is 0 Å². The van der Waals surface area contributed by atoms with Gasteiger partial charge < -0.3 is 19.7 Å². The van der Waals surface area contributed by atoms with Crippen LogP contribution in [0.2, 0.25) is 0 Å². The molecule has 3 rings (SSSR count). The van der Waals surface area contributed by atoms with Gasteiger partial charge in [0.05, 0.1) is 12.6 Å². The molecule has 0 aromatic heterocycles. The topological polar surface area (TPSA) is 50.8 Å². The quantitative estimate of drug-likeness (QED) is 0.933. The van der Waals surface area contributed by atoms with Crippen LogP contribution in [0, 0.1) is 19.8 Å². The van der Waals surface area contributed by atoms with Gasteiger partial charge in [0.15, 0.2) is 0 Å². The SMILES string of the molecule is Cc1ccc2c(c1C)OC[C@H]2NC(=O)N(C)C[C@@H]1CCOC1. The minimum atomic E-state index is -0.0657. The average molecular weight is 304 g/mol. The molecule has 2 amide bonds. The molecule has 0 saturated carbocycles. The fraction of sp³-hybridized carbons (Fsp3) is 0.588. The van der Waals surface area contributed by atoms with Crippen LogP contribution < -0.4 is 10.1 Å². The van der Waals surface area contributed by atoms with E-state index in [4.69, 9.17) is 9.47 Å². The summed E-state index contributed by atoms with van der Waals surface area (Å²) in [6.07, 6.45) is 1.03. The number of carbonyl (C=O) groups is 1. The monoisotopic (exact) mass is 304 g/mol. The lowest BCUT2D eigenvalue weighted by atomic mass is 10.0. The van der Waals surface area contributed by atoms with Gasteiger partial charge in [-0.2, -0.15) is 0 Å². The molecular formula is C17H24N2O3. The first-order valence-corrected chi connectivity index (χ1v) is 7.88. The number of fused-ring (bicyclic) bond motifs is 1. The highest BCUT2D eigenvalue weighted by molar-refractivity contribution is 5.75. The zero-order valence-corrected chi connectivity index (χ0v) is 13.5. The first-order valence-electron chi connectivity index (χ1n) is 7.88. The third-order valence-corrected chi connectivity index (χ3v) is 4.68. The van der Waals surface area contributed by atoms with Gasteiger partial charge in [-0.3, -0.25) is 0 Å². The van der Waals surface area contributed by atoms with E-state index in [2.05, 4.69) is 31.3 Å². The molecule has 1 fully saturated rings.